The Balaban J connectivity index is 2.24. The zero-order valence-corrected chi connectivity index (χ0v) is 17.5. The molecule has 0 unspecified atom stereocenters. The summed E-state index contributed by atoms with van der Waals surface area (Å²) >= 11 is 0. The number of carbonyl (C=O) groups is 2. The average Bonchev–Trinajstić information content (AvgIpc) is 3.18. The number of nitrogens with zero attached hydrogens (tertiary/aromatic N) is 2. The van der Waals surface area contributed by atoms with E-state index in [4.69, 9.17) is 14.2 Å². The van der Waals surface area contributed by atoms with E-state index in [0.717, 1.165) is 17.7 Å². The van der Waals surface area contributed by atoms with Gasteiger partial charge < -0.3 is 14.2 Å². The molecule has 7 nitrogen and oxygen atoms in total. The van der Waals surface area contributed by atoms with E-state index >= 15 is 0 Å². The van der Waals surface area contributed by atoms with Gasteiger partial charge in [-0.25, -0.2) is 14.3 Å². The van der Waals surface area contributed by atoms with Gasteiger partial charge in [0.15, 0.2) is 5.69 Å². The number of methoxy groups -OCH3 is 2. The van der Waals surface area contributed by atoms with E-state index in [1.807, 2.05) is 50.2 Å². The van der Waals surface area contributed by atoms with Crippen molar-refractivity contribution in [1.29, 1.82) is 0 Å². The largest absolute Gasteiger partial charge is 0.493 e. The van der Waals surface area contributed by atoms with Crippen molar-refractivity contribution in [2.75, 3.05) is 20.8 Å². The second-order valence-corrected chi connectivity index (χ2v) is 6.63. The lowest BCUT2D eigenvalue weighted by molar-refractivity contribution is 0.0549. The molecule has 1 aromatic heterocycles. The third kappa shape index (κ3) is 4.05. The summed E-state index contributed by atoms with van der Waals surface area (Å²) in [6, 6.07) is 14.6. The lowest BCUT2D eigenvalue weighted by Crippen LogP contribution is -2.15. The van der Waals surface area contributed by atoms with Crippen LogP contribution in [0.2, 0.25) is 0 Å². The van der Waals surface area contributed by atoms with Crippen molar-refractivity contribution in [1.82, 2.24) is 9.78 Å². The third-order valence-corrected chi connectivity index (χ3v) is 4.56. The molecule has 3 rings (SSSR count). The van der Waals surface area contributed by atoms with E-state index in [2.05, 4.69) is 5.10 Å². The molecule has 0 amide bonds. The topological polar surface area (TPSA) is 79.7 Å². The molecule has 0 atom stereocenters. The van der Waals surface area contributed by atoms with E-state index in [1.165, 1.54) is 18.9 Å². The number of hydrogen-bond acceptors (Lipinski definition) is 6. The minimum atomic E-state index is -0.683. The van der Waals surface area contributed by atoms with E-state index < -0.39 is 11.9 Å². The molecule has 0 saturated heterocycles. The van der Waals surface area contributed by atoms with Crippen molar-refractivity contribution in [3.05, 3.63) is 65.4 Å². The fraction of sp³-hybridized carbons (Fsp3) is 0.261. The number of esters is 2. The van der Waals surface area contributed by atoms with Crippen LogP contribution < -0.4 is 4.74 Å². The molecular weight excluding hydrogens is 384 g/mol. The summed E-state index contributed by atoms with van der Waals surface area (Å²) in [5.74, 6) is -0.593. The Kier molecular flexibility index (Phi) is 6.51. The summed E-state index contributed by atoms with van der Waals surface area (Å²) in [7, 11) is 2.52. The normalized spacial score (nSPS) is 10.5. The fourth-order valence-corrected chi connectivity index (χ4v) is 3.13. The van der Waals surface area contributed by atoms with Gasteiger partial charge in [-0.1, -0.05) is 25.1 Å². The molecule has 0 N–H and O–H groups in total. The Bertz CT molecular complexity index is 1060. The van der Waals surface area contributed by atoms with Crippen LogP contribution in [0.4, 0.5) is 0 Å². The maximum absolute atomic E-state index is 12.7. The van der Waals surface area contributed by atoms with Crippen LogP contribution in [0.5, 0.6) is 5.75 Å². The van der Waals surface area contributed by atoms with Gasteiger partial charge in [0.1, 0.15) is 17.0 Å². The Morgan fingerprint density at radius 1 is 1.00 bits per heavy atom. The van der Waals surface area contributed by atoms with Gasteiger partial charge in [0, 0.05) is 5.56 Å². The Morgan fingerprint density at radius 2 is 1.70 bits per heavy atom. The highest BCUT2D eigenvalue weighted by molar-refractivity contribution is 6.06. The molecule has 0 spiro atoms. The van der Waals surface area contributed by atoms with Crippen molar-refractivity contribution in [2.45, 2.75) is 20.3 Å². The Labute approximate surface area is 175 Å². The van der Waals surface area contributed by atoms with E-state index in [9.17, 15) is 9.59 Å². The number of carbonyl (C=O) groups excluding carboxylic acids is 2. The summed E-state index contributed by atoms with van der Waals surface area (Å²) in [5, 5.41) is 4.60. The minimum Gasteiger partial charge on any atom is -0.493 e. The molecule has 0 aliphatic carbocycles. The van der Waals surface area contributed by atoms with Gasteiger partial charge in [0.25, 0.3) is 0 Å². The molecule has 0 bridgehead atoms. The summed E-state index contributed by atoms with van der Waals surface area (Å²) < 4.78 is 17.1. The van der Waals surface area contributed by atoms with E-state index in [1.54, 1.807) is 12.1 Å². The lowest BCUT2D eigenvalue weighted by atomic mass is 10.0. The number of rotatable bonds is 7. The lowest BCUT2D eigenvalue weighted by Gasteiger charge is -2.10. The number of para-hydroxylation sites is 1. The zero-order valence-electron chi connectivity index (χ0n) is 17.5. The number of aromatic nitrogens is 2. The van der Waals surface area contributed by atoms with Crippen molar-refractivity contribution in [3.8, 4) is 22.7 Å². The molecule has 1 heterocycles. The molecule has 0 aliphatic heterocycles. The van der Waals surface area contributed by atoms with Gasteiger partial charge in [0.05, 0.1) is 26.5 Å². The van der Waals surface area contributed by atoms with Crippen molar-refractivity contribution >= 4 is 11.9 Å². The molecule has 0 aliphatic rings. The monoisotopic (exact) mass is 408 g/mol. The molecular formula is C23H24N2O5. The predicted molar refractivity (Wildman–Crippen MR) is 112 cm³/mol. The van der Waals surface area contributed by atoms with Crippen LogP contribution in [0.1, 0.15) is 39.8 Å². The van der Waals surface area contributed by atoms with Gasteiger partial charge >= 0.3 is 11.9 Å². The maximum atomic E-state index is 12.7. The molecule has 7 heteroatoms. The highest BCUT2D eigenvalue weighted by Crippen LogP contribution is 2.32. The van der Waals surface area contributed by atoms with Crippen LogP contribution in [0.3, 0.4) is 0 Å². The second kappa shape index (κ2) is 9.26. The predicted octanol–water partition coefficient (Wildman–Crippen LogP) is 4.21. The van der Waals surface area contributed by atoms with Crippen LogP contribution in [0.15, 0.2) is 48.5 Å². The van der Waals surface area contributed by atoms with Gasteiger partial charge in [-0.15, -0.1) is 0 Å². The van der Waals surface area contributed by atoms with Gasteiger partial charge in [-0.3, -0.25) is 0 Å². The van der Waals surface area contributed by atoms with Gasteiger partial charge in [-0.05, 0) is 49.2 Å². The average molecular weight is 408 g/mol. The Hall–Kier alpha value is -3.61. The first-order chi connectivity index (χ1) is 14.5. The highest BCUT2D eigenvalue weighted by Gasteiger charge is 2.31. The van der Waals surface area contributed by atoms with Crippen LogP contribution in [-0.4, -0.2) is 42.5 Å². The SMILES string of the molecule is CCCOc1ccc(-c2nn(-c3ccccc3)c(C(=O)OC)c2C(=O)OC)cc1C. The second-order valence-electron chi connectivity index (χ2n) is 6.63. The molecule has 3 aromatic rings. The van der Waals surface area contributed by atoms with Gasteiger partial charge in [0.2, 0.25) is 0 Å². The fourth-order valence-electron chi connectivity index (χ4n) is 3.13. The molecule has 0 saturated carbocycles. The van der Waals surface area contributed by atoms with Crippen LogP contribution >= 0.6 is 0 Å². The number of hydrogen-bond donors (Lipinski definition) is 0. The summed E-state index contributed by atoms with van der Waals surface area (Å²) in [6.45, 7) is 4.57. The molecule has 0 fully saturated rings. The first kappa shape index (κ1) is 21.1. The van der Waals surface area contributed by atoms with Gasteiger partial charge in [-0.2, -0.15) is 5.10 Å². The summed E-state index contributed by atoms with van der Waals surface area (Å²) in [4.78, 5) is 25.3. The van der Waals surface area contributed by atoms with Crippen LogP contribution in [-0.2, 0) is 9.47 Å². The standard InChI is InChI=1S/C23H24N2O5/c1-5-13-30-18-12-11-16(14-15(18)2)20-19(22(26)28-3)21(23(27)29-4)25(24-20)17-9-7-6-8-10-17/h6-12,14H,5,13H2,1-4H3. The van der Waals surface area contributed by atoms with E-state index in [0.29, 0.717) is 23.6 Å². The molecule has 30 heavy (non-hydrogen) atoms. The highest BCUT2D eigenvalue weighted by atomic mass is 16.5. The minimum absolute atomic E-state index is 0.00881. The van der Waals surface area contributed by atoms with Crippen LogP contribution in [0.25, 0.3) is 16.9 Å². The quantitative estimate of drug-likeness (QED) is 0.545. The zero-order chi connectivity index (χ0) is 21.7. The number of aryl methyl sites for hydroxylation is 1. The van der Waals surface area contributed by atoms with Crippen molar-refractivity contribution in [3.63, 3.8) is 0 Å². The number of benzene rings is 2. The van der Waals surface area contributed by atoms with Crippen LogP contribution in [0, 0.1) is 6.92 Å². The summed E-state index contributed by atoms with van der Waals surface area (Å²) in [6.07, 6.45) is 0.900. The van der Waals surface area contributed by atoms with Crippen molar-refractivity contribution < 1.29 is 23.8 Å². The molecule has 0 radical (unpaired) electrons. The van der Waals surface area contributed by atoms with E-state index in [-0.39, 0.29) is 11.3 Å². The number of ether oxygens (including phenoxy) is 3. The maximum Gasteiger partial charge on any atom is 0.357 e. The molecule has 2 aromatic carbocycles. The smallest absolute Gasteiger partial charge is 0.357 e. The first-order valence-corrected chi connectivity index (χ1v) is 9.60. The molecule has 156 valence electrons. The third-order valence-electron chi connectivity index (χ3n) is 4.56. The van der Waals surface area contributed by atoms with Crippen molar-refractivity contribution in [2.24, 2.45) is 0 Å². The first-order valence-electron chi connectivity index (χ1n) is 9.60. The Morgan fingerprint density at radius 3 is 2.30 bits per heavy atom. The summed E-state index contributed by atoms with van der Waals surface area (Å²) in [5.41, 5.74) is 2.57.